The molecule has 2 aromatic rings. The Bertz CT molecular complexity index is 1050. The fourth-order valence-electron chi connectivity index (χ4n) is 3.99. The summed E-state index contributed by atoms with van der Waals surface area (Å²) >= 11 is 8.90. The van der Waals surface area contributed by atoms with Crippen LogP contribution in [0, 0.1) is 0 Å². The third-order valence-electron chi connectivity index (χ3n) is 5.84. The number of thioether (sulfide) groups is 1. The Morgan fingerprint density at radius 3 is 2.61 bits per heavy atom. The lowest BCUT2D eigenvalue weighted by Crippen LogP contribution is -2.51. The van der Waals surface area contributed by atoms with E-state index in [9.17, 15) is 14.4 Å². The molecule has 1 unspecified atom stereocenters. The number of amides is 2. The number of carbonyl (C=O) groups excluding carboxylic acids is 3. The largest absolute Gasteiger partial charge is 0.476 e. The zero-order valence-electron chi connectivity index (χ0n) is 18.5. The van der Waals surface area contributed by atoms with Gasteiger partial charge in [-0.1, -0.05) is 35.5 Å². The van der Waals surface area contributed by atoms with Crippen LogP contribution in [-0.2, 0) is 9.59 Å². The van der Waals surface area contributed by atoms with Gasteiger partial charge >= 0.3 is 0 Å². The summed E-state index contributed by atoms with van der Waals surface area (Å²) in [6, 6.07) is 6.70. The Kier molecular flexibility index (Phi) is 7.31. The molecule has 4 rings (SSSR count). The molecule has 7 nitrogen and oxygen atoms in total. The first-order chi connectivity index (χ1) is 15.7. The molecule has 0 spiro atoms. The van der Waals surface area contributed by atoms with Gasteiger partial charge in [-0.25, -0.2) is 4.98 Å². The molecule has 2 saturated heterocycles. The number of carbonyl (C=O) groups is 3. The smallest absolute Gasteiger partial charge is 0.271 e. The fourth-order valence-corrected chi connectivity index (χ4v) is 6.07. The quantitative estimate of drug-likeness (QED) is 0.632. The maximum Gasteiger partial charge on any atom is 0.271 e. The Morgan fingerprint density at radius 1 is 1.21 bits per heavy atom. The fraction of sp³-hybridized carbons (Fsp3) is 0.478. The average molecular weight is 508 g/mol. The van der Waals surface area contributed by atoms with Gasteiger partial charge in [-0.2, -0.15) is 0 Å². The standard InChI is InChI=1S/C23H26ClN3O4S2/c1-23(2,31-18-6-4-3-5-15(18)24)22(30)27-10-7-14(8-11-27)20-26-17(13-33-20)19(28)25-16-9-12-32-21(16)29/h3-6,13-14,16H,7-12H2,1-2H3,(H,25,28). The number of piperidine rings is 1. The lowest BCUT2D eigenvalue weighted by Gasteiger charge is -2.36. The van der Waals surface area contributed by atoms with Gasteiger partial charge in [0.15, 0.2) is 5.60 Å². The third kappa shape index (κ3) is 5.53. The van der Waals surface area contributed by atoms with E-state index in [0.717, 1.165) is 23.6 Å². The van der Waals surface area contributed by atoms with Crippen LogP contribution in [0.1, 0.15) is 54.5 Å². The van der Waals surface area contributed by atoms with Gasteiger partial charge in [-0.15, -0.1) is 11.3 Å². The molecule has 2 amide bonds. The molecule has 2 aliphatic rings. The predicted octanol–water partition coefficient (Wildman–Crippen LogP) is 4.12. The molecule has 2 aliphatic heterocycles. The number of benzene rings is 1. The molecule has 3 heterocycles. The van der Waals surface area contributed by atoms with Crippen molar-refractivity contribution < 1.29 is 19.1 Å². The minimum atomic E-state index is -1.04. The lowest BCUT2D eigenvalue weighted by atomic mass is 9.96. The molecule has 10 heteroatoms. The van der Waals surface area contributed by atoms with E-state index in [1.54, 1.807) is 31.4 Å². The molecular weight excluding hydrogens is 482 g/mol. The molecule has 0 bridgehead atoms. The van der Waals surface area contributed by atoms with Crippen LogP contribution in [0.2, 0.25) is 5.02 Å². The molecule has 33 heavy (non-hydrogen) atoms. The first kappa shape index (κ1) is 24.0. The number of halogens is 1. The summed E-state index contributed by atoms with van der Waals surface area (Å²) in [7, 11) is 0. The predicted molar refractivity (Wildman–Crippen MR) is 130 cm³/mol. The van der Waals surface area contributed by atoms with E-state index in [2.05, 4.69) is 10.3 Å². The summed E-state index contributed by atoms with van der Waals surface area (Å²) in [5.74, 6) is 1.03. The SMILES string of the molecule is CC(C)(Oc1ccccc1Cl)C(=O)N1CCC(c2nc(C(=O)NC3CCSC3=O)cs2)CC1. The van der Waals surface area contributed by atoms with E-state index in [1.165, 1.54) is 23.1 Å². The molecule has 176 valence electrons. The van der Waals surface area contributed by atoms with Gasteiger partial charge in [0.25, 0.3) is 11.8 Å². The topological polar surface area (TPSA) is 88.6 Å². The van der Waals surface area contributed by atoms with Crippen molar-refractivity contribution in [3.8, 4) is 5.75 Å². The number of nitrogens with one attached hydrogen (secondary N) is 1. The maximum absolute atomic E-state index is 13.1. The van der Waals surface area contributed by atoms with Gasteiger partial charge in [0.1, 0.15) is 11.4 Å². The minimum absolute atomic E-state index is 0.0114. The van der Waals surface area contributed by atoms with Crippen molar-refractivity contribution in [1.29, 1.82) is 0 Å². The highest BCUT2D eigenvalue weighted by molar-refractivity contribution is 8.14. The van der Waals surface area contributed by atoms with E-state index in [0.29, 0.717) is 36.0 Å². The summed E-state index contributed by atoms with van der Waals surface area (Å²) in [5.41, 5.74) is -0.687. The second-order valence-electron chi connectivity index (χ2n) is 8.66. The number of hydrogen-bond acceptors (Lipinski definition) is 7. The maximum atomic E-state index is 13.1. The molecule has 1 aromatic carbocycles. The van der Waals surface area contributed by atoms with E-state index in [4.69, 9.17) is 16.3 Å². The van der Waals surface area contributed by atoms with Crippen LogP contribution in [0.4, 0.5) is 0 Å². The Balaban J connectivity index is 1.32. The summed E-state index contributed by atoms with van der Waals surface area (Å²) < 4.78 is 5.95. The molecule has 1 N–H and O–H groups in total. The lowest BCUT2D eigenvalue weighted by molar-refractivity contribution is -0.146. The van der Waals surface area contributed by atoms with E-state index in [1.807, 2.05) is 17.0 Å². The highest BCUT2D eigenvalue weighted by Crippen LogP contribution is 2.33. The van der Waals surface area contributed by atoms with E-state index >= 15 is 0 Å². The normalized spacial score (nSPS) is 19.5. The Labute approximate surface area is 206 Å². The molecule has 1 aromatic heterocycles. The number of thiazole rings is 1. The molecule has 0 saturated carbocycles. The number of para-hydroxylation sites is 1. The van der Waals surface area contributed by atoms with Gasteiger partial charge < -0.3 is 15.0 Å². The second-order valence-corrected chi connectivity index (χ2v) is 11.1. The Morgan fingerprint density at radius 2 is 1.94 bits per heavy atom. The summed E-state index contributed by atoms with van der Waals surface area (Å²) in [6.07, 6.45) is 2.19. The second kappa shape index (κ2) is 10.0. The average Bonchev–Trinajstić information content (AvgIpc) is 3.44. The van der Waals surface area contributed by atoms with Crippen LogP contribution < -0.4 is 10.1 Å². The highest BCUT2D eigenvalue weighted by atomic mass is 35.5. The summed E-state index contributed by atoms with van der Waals surface area (Å²) in [5, 5.41) is 5.90. The van der Waals surface area contributed by atoms with Crippen molar-refractivity contribution >= 4 is 51.6 Å². The molecule has 1 atom stereocenters. The minimum Gasteiger partial charge on any atom is -0.476 e. The van der Waals surface area contributed by atoms with Crippen molar-refractivity contribution in [3.63, 3.8) is 0 Å². The van der Waals surface area contributed by atoms with Crippen LogP contribution in [0.15, 0.2) is 29.6 Å². The zero-order chi connectivity index (χ0) is 23.6. The molecule has 0 radical (unpaired) electrons. The van der Waals surface area contributed by atoms with Crippen molar-refractivity contribution in [3.05, 3.63) is 45.4 Å². The monoisotopic (exact) mass is 507 g/mol. The number of ether oxygens (including phenoxy) is 1. The van der Waals surface area contributed by atoms with Gasteiger partial charge in [0, 0.05) is 30.1 Å². The first-order valence-corrected chi connectivity index (χ1v) is 13.1. The van der Waals surface area contributed by atoms with Gasteiger partial charge in [0.2, 0.25) is 5.12 Å². The van der Waals surface area contributed by atoms with E-state index < -0.39 is 11.6 Å². The van der Waals surface area contributed by atoms with Crippen LogP contribution in [0.3, 0.4) is 0 Å². The van der Waals surface area contributed by atoms with Crippen LogP contribution >= 0.6 is 34.7 Å². The number of rotatable bonds is 6. The number of hydrogen-bond donors (Lipinski definition) is 1. The molecule has 2 fully saturated rings. The van der Waals surface area contributed by atoms with E-state index in [-0.39, 0.29) is 22.8 Å². The third-order valence-corrected chi connectivity index (χ3v) is 8.17. The zero-order valence-corrected chi connectivity index (χ0v) is 20.9. The van der Waals surface area contributed by atoms with Crippen molar-refractivity contribution in [2.45, 2.75) is 50.7 Å². The first-order valence-electron chi connectivity index (χ1n) is 10.9. The van der Waals surface area contributed by atoms with Crippen molar-refractivity contribution in [2.75, 3.05) is 18.8 Å². The van der Waals surface area contributed by atoms with Gasteiger partial charge in [-0.3, -0.25) is 14.4 Å². The van der Waals surface area contributed by atoms with Crippen molar-refractivity contribution in [2.24, 2.45) is 0 Å². The van der Waals surface area contributed by atoms with Crippen LogP contribution in [-0.4, -0.2) is 57.3 Å². The number of aromatic nitrogens is 1. The highest BCUT2D eigenvalue weighted by Gasteiger charge is 2.37. The van der Waals surface area contributed by atoms with Crippen LogP contribution in [0.25, 0.3) is 0 Å². The van der Waals surface area contributed by atoms with Gasteiger partial charge in [0.05, 0.1) is 16.1 Å². The number of nitrogens with zero attached hydrogens (tertiary/aromatic N) is 2. The van der Waals surface area contributed by atoms with Crippen molar-refractivity contribution in [1.82, 2.24) is 15.2 Å². The number of likely N-dealkylation sites (tertiary alicyclic amines) is 1. The van der Waals surface area contributed by atoms with Crippen LogP contribution in [0.5, 0.6) is 5.75 Å². The summed E-state index contributed by atoms with van der Waals surface area (Å²) in [6.45, 7) is 4.69. The molecular formula is C23H26ClN3O4S2. The van der Waals surface area contributed by atoms with Gasteiger partial charge in [-0.05, 0) is 45.2 Å². The Hall–Kier alpha value is -2.10. The summed E-state index contributed by atoms with van der Waals surface area (Å²) in [4.78, 5) is 43.7. The molecule has 0 aliphatic carbocycles.